The van der Waals surface area contributed by atoms with Crippen molar-refractivity contribution in [2.45, 2.75) is 0 Å². The minimum Gasteiger partial charge on any atom is -0.456 e. The molecule has 0 aliphatic carbocycles. The SMILES string of the molecule is c1ccc(N(c2ccccc2)c2cccc(-c3cc4c5c(cccc5c3)Oc3ccccc3-4)c2)cc1. The molecule has 2 nitrogen and oxygen atoms in total. The van der Waals surface area contributed by atoms with Crippen molar-refractivity contribution >= 4 is 27.8 Å². The van der Waals surface area contributed by atoms with Crippen LogP contribution in [0.15, 0.2) is 140 Å². The Bertz CT molecular complexity index is 1670. The van der Waals surface area contributed by atoms with Crippen molar-refractivity contribution in [3.8, 4) is 33.8 Å². The highest BCUT2D eigenvalue weighted by atomic mass is 16.5. The first-order valence-electron chi connectivity index (χ1n) is 12.2. The Morgan fingerprint density at radius 1 is 0.417 bits per heavy atom. The van der Waals surface area contributed by atoms with Crippen LogP contribution in [0.1, 0.15) is 0 Å². The number of anilines is 3. The van der Waals surface area contributed by atoms with E-state index in [2.05, 4.69) is 132 Å². The standard InChI is InChI=1S/C34H23NO/c1-3-13-27(14-4-1)35(28-15-5-2-6-16-28)29-17-9-11-24(22-29)26-21-25-12-10-20-33-34(25)31(23-26)30-18-7-8-19-32(30)36-33/h1-23H. The van der Waals surface area contributed by atoms with Gasteiger partial charge in [0.2, 0.25) is 0 Å². The van der Waals surface area contributed by atoms with E-state index in [-0.39, 0.29) is 0 Å². The Hall–Kier alpha value is -4.82. The van der Waals surface area contributed by atoms with Crippen LogP contribution in [0.3, 0.4) is 0 Å². The number of rotatable bonds is 4. The molecular formula is C34H23NO. The zero-order chi connectivity index (χ0) is 23.9. The molecular weight excluding hydrogens is 438 g/mol. The van der Waals surface area contributed by atoms with Crippen LogP contribution in [0.2, 0.25) is 0 Å². The average Bonchev–Trinajstić information content (AvgIpc) is 2.95. The molecule has 0 saturated heterocycles. The number of nitrogens with zero attached hydrogens (tertiary/aromatic N) is 1. The van der Waals surface area contributed by atoms with Gasteiger partial charge in [-0.1, -0.05) is 78.9 Å². The Kier molecular flexibility index (Phi) is 4.82. The normalized spacial score (nSPS) is 11.6. The highest BCUT2D eigenvalue weighted by Crippen LogP contribution is 2.48. The van der Waals surface area contributed by atoms with Gasteiger partial charge in [-0.15, -0.1) is 0 Å². The van der Waals surface area contributed by atoms with Crippen LogP contribution in [0.5, 0.6) is 11.5 Å². The summed E-state index contributed by atoms with van der Waals surface area (Å²) in [6.07, 6.45) is 0. The maximum Gasteiger partial charge on any atom is 0.135 e. The van der Waals surface area contributed by atoms with Crippen molar-refractivity contribution in [1.29, 1.82) is 0 Å². The van der Waals surface area contributed by atoms with E-state index >= 15 is 0 Å². The Morgan fingerprint density at radius 3 is 1.83 bits per heavy atom. The van der Waals surface area contributed by atoms with E-state index in [1.807, 2.05) is 12.1 Å². The number of hydrogen-bond acceptors (Lipinski definition) is 2. The van der Waals surface area contributed by atoms with E-state index in [0.29, 0.717) is 0 Å². The van der Waals surface area contributed by atoms with Gasteiger partial charge >= 0.3 is 0 Å². The Balaban J connectivity index is 1.41. The third-order valence-corrected chi connectivity index (χ3v) is 6.80. The predicted octanol–water partition coefficient (Wildman–Crippen LogP) is 9.75. The number of para-hydroxylation sites is 3. The van der Waals surface area contributed by atoms with Crippen LogP contribution in [0, 0.1) is 0 Å². The third kappa shape index (κ3) is 3.43. The lowest BCUT2D eigenvalue weighted by Crippen LogP contribution is -2.09. The van der Waals surface area contributed by atoms with Gasteiger partial charge in [0.25, 0.3) is 0 Å². The van der Waals surface area contributed by atoms with Crippen molar-refractivity contribution in [2.75, 3.05) is 4.90 Å². The van der Waals surface area contributed by atoms with E-state index in [4.69, 9.17) is 4.74 Å². The topological polar surface area (TPSA) is 12.5 Å². The second kappa shape index (κ2) is 8.44. The summed E-state index contributed by atoms with van der Waals surface area (Å²) in [5.74, 6) is 1.82. The molecule has 6 aromatic carbocycles. The molecule has 0 atom stereocenters. The molecule has 0 amide bonds. The molecule has 2 heteroatoms. The largest absolute Gasteiger partial charge is 0.456 e. The first kappa shape index (κ1) is 20.5. The first-order chi connectivity index (χ1) is 17.8. The number of benzene rings is 6. The van der Waals surface area contributed by atoms with Crippen LogP contribution in [-0.4, -0.2) is 0 Å². The summed E-state index contributed by atoms with van der Waals surface area (Å²) in [4.78, 5) is 2.30. The predicted molar refractivity (Wildman–Crippen MR) is 150 cm³/mol. The molecule has 0 bridgehead atoms. The summed E-state index contributed by atoms with van der Waals surface area (Å²) in [5.41, 5.74) is 8.10. The molecule has 0 aromatic heterocycles. The molecule has 1 aliphatic heterocycles. The third-order valence-electron chi connectivity index (χ3n) is 6.80. The van der Waals surface area contributed by atoms with Crippen LogP contribution in [0.4, 0.5) is 17.1 Å². The average molecular weight is 462 g/mol. The summed E-state index contributed by atoms with van der Waals surface area (Å²) in [6, 6.07) is 49.0. The van der Waals surface area contributed by atoms with Crippen molar-refractivity contribution in [3.05, 3.63) is 140 Å². The summed E-state index contributed by atoms with van der Waals surface area (Å²) < 4.78 is 6.24. The molecule has 0 spiro atoms. The number of fused-ring (bicyclic) bond motifs is 2. The smallest absolute Gasteiger partial charge is 0.135 e. The monoisotopic (exact) mass is 461 g/mol. The van der Waals surface area contributed by atoms with Crippen molar-refractivity contribution in [3.63, 3.8) is 0 Å². The van der Waals surface area contributed by atoms with Gasteiger partial charge in [0.05, 0.1) is 0 Å². The Morgan fingerprint density at radius 2 is 1.06 bits per heavy atom. The molecule has 0 unspecified atom stereocenters. The van der Waals surface area contributed by atoms with Gasteiger partial charge in [-0.3, -0.25) is 0 Å². The van der Waals surface area contributed by atoms with E-state index in [9.17, 15) is 0 Å². The minimum atomic E-state index is 0.905. The van der Waals surface area contributed by atoms with E-state index in [0.717, 1.165) is 34.1 Å². The fourth-order valence-corrected chi connectivity index (χ4v) is 5.18. The maximum absolute atomic E-state index is 6.24. The van der Waals surface area contributed by atoms with Gasteiger partial charge in [0.1, 0.15) is 11.5 Å². The minimum absolute atomic E-state index is 0.905. The molecule has 170 valence electrons. The molecule has 6 aromatic rings. The first-order valence-corrected chi connectivity index (χ1v) is 12.2. The number of ether oxygens (including phenoxy) is 1. The number of hydrogen-bond donors (Lipinski definition) is 0. The molecule has 0 saturated carbocycles. The quantitative estimate of drug-likeness (QED) is 0.259. The van der Waals surface area contributed by atoms with E-state index in [1.165, 1.54) is 27.5 Å². The molecule has 0 N–H and O–H groups in total. The molecule has 1 heterocycles. The molecule has 7 rings (SSSR count). The van der Waals surface area contributed by atoms with Crippen molar-refractivity contribution < 1.29 is 4.74 Å². The zero-order valence-corrected chi connectivity index (χ0v) is 19.6. The van der Waals surface area contributed by atoms with Crippen LogP contribution in [0.25, 0.3) is 33.0 Å². The molecule has 1 aliphatic rings. The molecule has 0 radical (unpaired) electrons. The van der Waals surface area contributed by atoms with Crippen LogP contribution in [-0.2, 0) is 0 Å². The van der Waals surface area contributed by atoms with Crippen LogP contribution >= 0.6 is 0 Å². The molecule has 36 heavy (non-hydrogen) atoms. The lowest BCUT2D eigenvalue weighted by molar-refractivity contribution is 0.487. The molecule has 0 fully saturated rings. The highest BCUT2D eigenvalue weighted by molar-refractivity contribution is 6.06. The second-order valence-electron chi connectivity index (χ2n) is 9.03. The van der Waals surface area contributed by atoms with Crippen LogP contribution < -0.4 is 9.64 Å². The van der Waals surface area contributed by atoms with Gasteiger partial charge in [-0.25, -0.2) is 0 Å². The van der Waals surface area contributed by atoms with Crippen molar-refractivity contribution in [2.24, 2.45) is 0 Å². The van der Waals surface area contributed by atoms with Gasteiger partial charge in [0, 0.05) is 28.0 Å². The summed E-state index contributed by atoms with van der Waals surface area (Å²) in [7, 11) is 0. The summed E-state index contributed by atoms with van der Waals surface area (Å²) in [6.45, 7) is 0. The summed E-state index contributed by atoms with van der Waals surface area (Å²) in [5, 5.41) is 2.36. The maximum atomic E-state index is 6.24. The summed E-state index contributed by atoms with van der Waals surface area (Å²) >= 11 is 0. The second-order valence-corrected chi connectivity index (χ2v) is 9.03. The lowest BCUT2D eigenvalue weighted by atomic mass is 9.90. The lowest BCUT2D eigenvalue weighted by Gasteiger charge is -2.26. The zero-order valence-electron chi connectivity index (χ0n) is 19.6. The van der Waals surface area contributed by atoms with Gasteiger partial charge in [-0.2, -0.15) is 0 Å². The fourth-order valence-electron chi connectivity index (χ4n) is 5.18. The van der Waals surface area contributed by atoms with E-state index in [1.54, 1.807) is 0 Å². The van der Waals surface area contributed by atoms with E-state index < -0.39 is 0 Å². The Labute approximate surface area is 210 Å². The van der Waals surface area contributed by atoms with Gasteiger partial charge in [0.15, 0.2) is 0 Å². The van der Waals surface area contributed by atoms with Gasteiger partial charge < -0.3 is 9.64 Å². The van der Waals surface area contributed by atoms with Gasteiger partial charge in [-0.05, 0) is 82.7 Å². The fraction of sp³-hybridized carbons (Fsp3) is 0. The highest BCUT2D eigenvalue weighted by Gasteiger charge is 2.21. The van der Waals surface area contributed by atoms with Crippen molar-refractivity contribution in [1.82, 2.24) is 0 Å².